The predicted octanol–water partition coefficient (Wildman–Crippen LogP) is 17.0. The molecule has 0 spiro atoms. The monoisotopic (exact) mass is 1120 g/mol. The number of rotatable bonds is 8. The van der Waals surface area contributed by atoms with Crippen LogP contribution in [-0.2, 0) is 24.0 Å². The number of fused-ring (bicyclic) bond motifs is 13. The summed E-state index contributed by atoms with van der Waals surface area (Å²) in [5.41, 5.74) is 17.1. The predicted molar refractivity (Wildman–Crippen MR) is 349 cm³/mol. The Kier molecular flexibility index (Phi) is 14.9. The molecule has 10 aromatic rings. The third-order valence-electron chi connectivity index (χ3n) is 18.4. The lowest BCUT2D eigenvalue weighted by Gasteiger charge is -2.38. The summed E-state index contributed by atoms with van der Waals surface area (Å²) in [5.74, 6) is 5.61. The summed E-state index contributed by atoms with van der Waals surface area (Å²) < 4.78 is 19.1. The van der Waals surface area contributed by atoms with E-state index in [1.54, 1.807) is 14.2 Å². The first kappa shape index (κ1) is 55.0. The molecule has 85 heavy (non-hydrogen) atoms. The second-order valence-electron chi connectivity index (χ2n) is 23.3. The molecule has 0 radical (unpaired) electrons. The Hall–Kier alpha value is -9.22. The van der Waals surface area contributed by atoms with Crippen LogP contribution in [0.4, 0.5) is 11.4 Å². The van der Waals surface area contributed by atoms with Crippen LogP contribution < -0.4 is 24.0 Å². The number of aryl methyl sites for hydroxylation is 2. The highest BCUT2D eigenvalue weighted by atomic mass is 16.5. The van der Waals surface area contributed by atoms with Crippen molar-refractivity contribution in [2.45, 2.75) is 76.4 Å². The zero-order chi connectivity index (χ0) is 58.2. The van der Waals surface area contributed by atoms with Gasteiger partial charge < -0.3 is 34.2 Å². The van der Waals surface area contributed by atoms with Crippen LogP contribution in [0.25, 0.3) is 49.9 Å². The Morgan fingerprint density at radius 1 is 0.529 bits per heavy atom. The van der Waals surface area contributed by atoms with E-state index < -0.39 is 11.2 Å². The molecule has 0 aromatic heterocycles. The van der Waals surface area contributed by atoms with Crippen molar-refractivity contribution < 1.29 is 24.4 Å². The summed E-state index contributed by atoms with van der Waals surface area (Å²) >= 11 is 0. The fourth-order valence-corrected chi connectivity index (χ4v) is 14.0. The third-order valence-corrected chi connectivity index (χ3v) is 18.4. The fourth-order valence-electron chi connectivity index (χ4n) is 14.0. The van der Waals surface area contributed by atoms with Gasteiger partial charge in [-0.05, 0) is 163 Å². The zero-order valence-electron chi connectivity index (χ0n) is 49.1. The van der Waals surface area contributed by atoms with Gasteiger partial charge >= 0.3 is 0 Å². The lowest BCUT2D eigenvalue weighted by molar-refractivity contribution is 0.145. The second-order valence-corrected chi connectivity index (χ2v) is 23.3. The minimum atomic E-state index is -1.37. The number of ether oxygens (including phenoxy) is 3. The summed E-state index contributed by atoms with van der Waals surface area (Å²) in [7, 11) is 3.46. The summed E-state index contributed by atoms with van der Waals surface area (Å²) in [5, 5.41) is 26.0. The largest absolute Gasteiger partial charge is 0.507 e. The third kappa shape index (κ3) is 9.83. The van der Waals surface area contributed by atoms with Gasteiger partial charge in [-0.15, -0.1) is 6.42 Å². The molecular formula is C78H72N2O5. The Morgan fingerprint density at radius 2 is 1.02 bits per heavy atom. The highest BCUT2D eigenvalue weighted by Gasteiger charge is 2.41. The molecule has 2 saturated heterocycles. The molecule has 2 N–H and O–H groups in total. The lowest BCUT2D eigenvalue weighted by atomic mass is 9.81. The van der Waals surface area contributed by atoms with Crippen LogP contribution in [0.1, 0.15) is 99.7 Å². The summed E-state index contributed by atoms with van der Waals surface area (Å²) in [4.78, 5) is 4.91. The zero-order valence-corrected chi connectivity index (χ0v) is 49.1. The standard InChI is InChI=1S/C39H35NO2.C20H21NO.C19H16O2/c1-26-15-20-32-34-25-27-11-7-8-14-31(27)35(34)38-33(36(32)37(26)41-2)21-22-39(42-38,28-12-5-3-6-13-28)29-16-18-30(19-17-29)40-23-9-4-10-24-40;1-2-20(22,17-9-5-3-6-10-17)18-11-13-19(14-12-18)21-15-7-4-8-16-21;1-11-7-8-14-15-9-12-5-3-4-6-13(12)18(15)17(20)10-16(14)19(11)21-2/h3,5-8,11-22H,4,9-10,23-25H2,1-2H3;1,3,5-6,9-14,22H,4,7-8,15-16H2;3-8,10,20H,9H2,1-2H3. The van der Waals surface area contributed by atoms with Gasteiger partial charge in [0.05, 0.1) is 14.2 Å². The van der Waals surface area contributed by atoms with E-state index in [2.05, 4.69) is 168 Å². The highest BCUT2D eigenvalue weighted by Crippen LogP contribution is 2.56. The molecule has 10 aromatic carbocycles. The quantitative estimate of drug-likeness (QED) is 0.147. The number of piperidine rings is 2. The van der Waals surface area contributed by atoms with Crippen LogP contribution in [0.15, 0.2) is 194 Å². The van der Waals surface area contributed by atoms with Crippen molar-refractivity contribution in [1.82, 2.24) is 0 Å². The van der Waals surface area contributed by atoms with Crippen molar-refractivity contribution in [1.29, 1.82) is 0 Å². The smallest absolute Gasteiger partial charge is 0.178 e. The van der Waals surface area contributed by atoms with Gasteiger partial charge in [0.15, 0.2) is 11.2 Å². The average Bonchev–Trinajstić information content (AvgIpc) is 3.98. The van der Waals surface area contributed by atoms with Gasteiger partial charge in [0.1, 0.15) is 23.0 Å². The molecule has 15 rings (SSSR count). The number of terminal acetylenes is 1. The maximum Gasteiger partial charge on any atom is 0.178 e. The van der Waals surface area contributed by atoms with Crippen molar-refractivity contribution in [3.63, 3.8) is 0 Å². The molecule has 2 aliphatic carbocycles. The van der Waals surface area contributed by atoms with Gasteiger partial charge in [0, 0.05) is 87.3 Å². The minimum absolute atomic E-state index is 0.339. The van der Waals surface area contributed by atoms with E-state index in [0.717, 1.165) is 117 Å². The Labute approximate surface area is 500 Å². The van der Waals surface area contributed by atoms with Crippen LogP contribution in [0, 0.1) is 26.2 Å². The van der Waals surface area contributed by atoms with Crippen LogP contribution in [0.3, 0.4) is 0 Å². The van der Waals surface area contributed by atoms with E-state index in [-0.39, 0.29) is 0 Å². The number of phenolic OH excluding ortho intramolecular Hbond substituents is 1. The molecule has 2 unspecified atom stereocenters. The molecule has 7 heteroatoms. The van der Waals surface area contributed by atoms with E-state index in [1.807, 2.05) is 61.5 Å². The van der Waals surface area contributed by atoms with Crippen molar-refractivity contribution in [2.75, 3.05) is 50.2 Å². The van der Waals surface area contributed by atoms with E-state index in [4.69, 9.17) is 20.6 Å². The summed E-state index contributed by atoms with van der Waals surface area (Å²) in [6.45, 7) is 8.63. The molecule has 3 aliphatic heterocycles. The average molecular weight is 1120 g/mol. The summed E-state index contributed by atoms with van der Waals surface area (Å²) in [6, 6.07) is 64.8. The molecule has 0 bridgehead atoms. The molecule has 2 atom stereocenters. The number of aromatic hydroxyl groups is 1. The lowest BCUT2D eigenvalue weighted by Crippen LogP contribution is -2.35. The number of hydrogen-bond donors (Lipinski definition) is 2. The van der Waals surface area contributed by atoms with E-state index in [1.165, 1.54) is 94.1 Å². The highest BCUT2D eigenvalue weighted by molar-refractivity contribution is 6.08. The van der Waals surface area contributed by atoms with E-state index in [9.17, 15) is 10.2 Å². The minimum Gasteiger partial charge on any atom is -0.507 e. The molecule has 2 fully saturated rings. The van der Waals surface area contributed by atoms with Gasteiger partial charge in [0.25, 0.3) is 0 Å². The first-order valence-electron chi connectivity index (χ1n) is 30.2. The number of phenols is 1. The number of aliphatic hydroxyl groups is 1. The molecule has 7 nitrogen and oxygen atoms in total. The van der Waals surface area contributed by atoms with Crippen LogP contribution in [-0.4, -0.2) is 50.6 Å². The molecule has 3 heterocycles. The number of benzene rings is 10. The van der Waals surface area contributed by atoms with Crippen molar-refractivity contribution >= 4 is 39.0 Å². The van der Waals surface area contributed by atoms with Gasteiger partial charge in [-0.25, -0.2) is 0 Å². The van der Waals surface area contributed by atoms with Crippen LogP contribution in [0.5, 0.6) is 23.0 Å². The van der Waals surface area contributed by atoms with Crippen LogP contribution in [0.2, 0.25) is 0 Å². The second kappa shape index (κ2) is 23.1. The van der Waals surface area contributed by atoms with Gasteiger partial charge in [-0.3, -0.25) is 0 Å². The maximum absolute atomic E-state index is 10.9. The number of anilines is 2. The number of hydrogen-bond acceptors (Lipinski definition) is 7. The SMILES string of the molecule is C#CC(O)(c1ccccc1)c1ccc(N2CCCCC2)cc1.COc1c(C)ccc2c3c(c(O)cc12)-c1ccccc1C3.COc1c(C)ccc2c3c(c4c(c12)C=CC(c1ccccc1)(c1ccc(N2CCCCC2)cc1)O4)-c1ccccc1C3. The number of methoxy groups -OCH3 is 2. The number of nitrogens with zero attached hydrogens (tertiary/aromatic N) is 2. The van der Waals surface area contributed by atoms with Gasteiger partial charge in [-0.2, -0.15) is 0 Å². The molecular weight excluding hydrogens is 1040 g/mol. The van der Waals surface area contributed by atoms with Gasteiger partial charge in [-0.1, -0.05) is 164 Å². The van der Waals surface area contributed by atoms with Crippen molar-refractivity contribution in [3.8, 4) is 57.6 Å². The molecule has 424 valence electrons. The van der Waals surface area contributed by atoms with E-state index >= 15 is 0 Å². The fraction of sp³-hybridized carbons (Fsp3) is 0.231. The molecule has 5 aliphatic rings. The van der Waals surface area contributed by atoms with E-state index in [0.29, 0.717) is 5.75 Å². The Bertz CT molecular complexity index is 4190. The Morgan fingerprint density at radius 3 is 1.61 bits per heavy atom. The Balaban J connectivity index is 0.000000131. The van der Waals surface area contributed by atoms with Crippen LogP contribution >= 0.6 is 0 Å². The normalized spacial score (nSPS) is 16.8. The van der Waals surface area contributed by atoms with Gasteiger partial charge in [0.2, 0.25) is 0 Å². The molecule has 0 saturated carbocycles. The first-order valence-corrected chi connectivity index (χ1v) is 30.2. The summed E-state index contributed by atoms with van der Waals surface area (Å²) in [6.07, 6.45) is 19.6. The molecule has 0 amide bonds. The topological polar surface area (TPSA) is 74.6 Å². The van der Waals surface area contributed by atoms with Crippen molar-refractivity contribution in [3.05, 3.63) is 255 Å². The maximum atomic E-state index is 10.9. The first-order chi connectivity index (χ1) is 41.6. The van der Waals surface area contributed by atoms with Crippen molar-refractivity contribution in [2.24, 2.45) is 0 Å².